The minimum Gasteiger partial charge on any atom is -0.330 e. The molecule has 0 spiro atoms. The Morgan fingerprint density at radius 2 is 2.55 bits per heavy atom. The fourth-order valence-electron chi connectivity index (χ4n) is 0.801. The summed E-state index contributed by atoms with van der Waals surface area (Å²) in [6.07, 6.45) is 1.79. The van der Waals surface area contributed by atoms with Gasteiger partial charge in [-0.3, -0.25) is 4.79 Å². The number of aryl methyl sites for hydroxylation is 1. The first-order chi connectivity index (χ1) is 5.25. The Hall–Kier alpha value is -1.23. The van der Waals surface area contributed by atoms with Crippen LogP contribution in [0.4, 0.5) is 0 Å². The first-order valence-corrected chi connectivity index (χ1v) is 3.33. The third-order valence-electron chi connectivity index (χ3n) is 1.37. The number of hydrogen-bond acceptors (Lipinski definition) is 4. The van der Waals surface area contributed by atoms with Crippen LogP contribution in [0.5, 0.6) is 0 Å². The third kappa shape index (κ3) is 1.62. The summed E-state index contributed by atoms with van der Waals surface area (Å²) in [6, 6.07) is 0. The number of Topliss-reactive ketones (excluding diaryl/α,β-unsaturated/α-hetero) is 1. The average molecular weight is 154 g/mol. The minimum absolute atomic E-state index is 0.0139. The van der Waals surface area contributed by atoms with Crippen LogP contribution in [0.25, 0.3) is 0 Å². The van der Waals surface area contributed by atoms with E-state index in [1.165, 1.54) is 10.9 Å². The van der Waals surface area contributed by atoms with Gasteiger partial charge in [0.2, 0.25) is 0 Å². The number of carbonyl (C=O) groups is 1. The second-order valence-electron chi connectivity index (χ2n) is 2.20. The Morgan fingerprint density at radius 3 is 3.00 bits per heavy atom. The van der Waals surface area contributed by atoms with Gasteiger partial charge in [-0.2, -0.15) is 0 Å². The minimum atomic E-state index is -0.0139. The van der Waals surface area contributed by atoms with Crippen LogP contribution in [0.3, 0.4) is 0 Å². The molecule has 0 amide bonds. The van der Waals surface area contributed by atoms with E-state index in [1.807, 2.05) is 0 Å². The van der Waals surface area contributed by atoms with E-state index in [9.17, 15) is 4.79 Å². The van der Waals surface area contributed by atoms with Crippen molar-refractivity contribution < 1.29 is 4.79 Å². The molecule has 5 nitrogen and oxygen atoms in total. The van der Waals surface area contributed by atoms with Crippen molar-refractivity contribution in [3.8, 4) is 0 Å². The topological polar surface area (TPSA) is 73.8 Å². The number of ketones is 1. The maximum absolute atomic E-state index is 11.1. The summed E-state index contributed by atoms with van der Waals surface area (Å²) in [5.41, 5.74) is 5.72. The van der Waals surface area contributed by atoms with Crippen LogP contribution in [-0.2, 0) is 7.05 Å². The van der Waals surface area contributed by atoms with Gasteiger partial charge in [0, 0.05) is 13.5 Å². The molecule has 0 saturated carbocycles. The van der Waals surface area contributed by atoms with Crippen molar-refractivity contribution in [2.75, 3.05) is 6.54 Å². The van der Waals surface area contributed by atoms with Gasteiger partial charge < -0.3 is 5.73 Å². The Balaban J connectivity index is 2.76. The predicted molar refractivity (Wildman–Crippen MR) is 39.0 cm³/mol. The lowest BCUT2D eigenvalue weighted by Gasteiger charge is -1.95. The molecular formula is C6H10N4O. The van der Waals surface area contributed by atoms with E-state index >= 15 is 0 Å². The van der Waals surface area contributed by atoms with Gasteiger partial charge in [0.15, 0.2) is 5.78 Å². The van der Waals surface area contributed by atoms with Crippen molar-refractivity contribution in [3.63, 3.8) is 0 Å². The van der Waals surface area contributed by atoms with Crippen LogP contribution in [-0.4, -0.2) is 27.3 Å². The van der Waals surface area contributed by atoms with Gasteiger partial charge in [-0.1, -0.05) is 5.21 Å². The van der Waals surface area contributed by atoms with Crippen LogP contribution >= 0.6 is 0 Å². The van der Waals surface area contributed by atoms with Gasteiger partial charge >= 0.3 is 0 Å². The van der Waals surface area contributed by atoms with E-state index in [0.29, 0.717) is 18.7 Å². The molecule has 1 heterocycles. The Morgan fingerprint density at radius 1 is 1.82 bits per heavy atom. The molecule has 1 aromatic rings. The lowest BCUT2D eigenvalue weighted by atomic mass is 10.2. The lowest BCUT2D eigenvalue weighted by molar-refractivity contribution is 0.0976. The van der Waals surface area contributed by atoms with Gasteiger partial charge in [-0.15, -0.1) is 5.10 Å². The van der Waals surface area contributed by atoms with Crippen LogP contribution in [0.1, 0.15) is 16.9 Å². The van der Waals surface area contributed by atoms with Crippen molar-refractivity contribution in [1.82, 2.24) is 15.0 Å². The molecule has 0 aliphatic carbocycles. The number of nitrogens with zero attached hydrogens (tertiary/aromatic N) is 3. The summed E-state index contributed by atoms with van der Waals surface area (Å²) in [5.74, 6) is -0.0139. The Kier molecular flexibility index (Phi) is 2.32. The third-order valence-corrected chi connectivity index (χ3v) is 1.37. The van der Waals surface area contributed by atoms with Crippen molar-refractivity contribution in [1.29, 1.82) is 0 Å². The smallest absolute Gasteiger partial charge is 0.183 e. The fourth-order valence-corrected chi connectivity index (χ4v) is 0.801. The normalized spacial score (nSPS) is 10.0. The summed E-state index contributed by atoms with van der Waals surface area (Å²) in [5, 5.41) is 7.20. The lowest BCUT2D eigenvalue weighted by Crippen LogP contribution is -2.11. The highest BCUT2D eigenvalue weighted by Crippen LogP contribution is 1.97. The maximum atomic E-state index is 11.1. The highest BCUT2D eigenvalue weighted by Gasteiger charge is 2.08. The Labute approximate surface area is 64.2 Å². The largest absolute Gasteiger partial charge is 0.330 e. The van der Waals surface area contributed by atoms with Crippen LogP contribution in [0.2, 0.25) is 0 Å². The number of hydrogen-bond donors (Lipinski definition) is 1. The second-order valence-corrected chi connectivity index (χ2v) is 2.20. The summed E-state index contributed by atoms with van der Waals surface area (Å²) in [7, 11) is 1.68. The van der Waals surface area contributed by atoms with Gasteiger partial charge in [-0.05, 0) is 6.54 Å². The van der Waals surface area contributed by atoms with E-state index < -0.39 is 0 Å². The first kappa shape index (κ1) is 7.87. The zero-order valence-electron chi connectivity index (χ0n) is 6.32. The predicted octanol–water partition coefficient (Wildman–Crippen LogP) is -0.653. The second kappa shape index (κ2) is 3.25. The van der Waals surface area contributed by atoms with E-state index in [4.69, 9.17) is 5.73 Å². The summed E-state index contributed by atoms with van der Waals surface area (Å²) in [4.78, 5) is 11.1. The molecule has 1 aromatic heterocycles. The molecule has 0 fully saturated rings. The van der Waals surface area contributed by atoms with E-state index in [1.54, 1.807) is 7.05 Å². The van der Waals surface area contributed by atoms with Crippen LogP contribution < -0.4 is 5.73 Å². The molecule has 0 aromatic carbocycles. The highest BCUT2D eigenvalue weighted by molar-refractivity contribution is 5.94. The number of carbonyl (C=O) groups excluding carboxylic acids is 1. The summed E-state index contributed by atoms with van der Waals surface area (Å²) in [6.45, 7) is 0.365. The number of rotatable bonds is 3. The first-order valence-electron chi connectivity index (χ1n) is 3.33. The van der Waals surface area contributed by atoms with Gasteiger partial charge in [0.05, 0.1) is 6.20 Å². The van der Waals surface area contributed by atoms with Gasteiger partial charge in [0.25, 0.3) is 0 Å². The standard InChI is InChI=1S/C6H10N4O/c1-10-5(4-8-9-10)6(11)2-3-7/h4H,2-3,7H2,1H3. The fraction of sp³-hybridized carbons (Fsp3) is 0.500. The monoisotopic (exact) mass is 154 g/mol. The van der Waals surface area contributed by atoms with Crippen LogP contribution in [0.15, 0.2) is 6.20 Å². The molecule has 0 bridgehead atoms. The van der Waals surface area contributed by atoms with Crippen molar-refractivity contribution in [2.45, 2.75) is 6.42 Å². The van der Waals surface area contributed by atoms with E-state index in [2.05, 4.69) is 10.3 Å². The molecule has 11 heavy (non-hydrogen) atoms. The zero-order valence-corrected chi connectivity index (χ0v) is 6.32. The highest BCUT2D eigenvalue weighted by atomic mass is 16.1. The molecule has 2 N–H and O–H groups in total. The molecule has 0 unspecified atom stereocenters. The molecule has 0 radical (unpaired) electrons. The number of nitrogens with two attached hydrogens (primary N) is 1. The molecule has 60 valence electrons. The van der Waals surface area contributed by atoms with Gasteiger partial charge in [0.1, 0.15) is 5.69 Å². The molecule has 0 aliphatic heterocycles. The van der Waals surface area contributed by atoms with E-state index in [-0.39, 0.29) is 5.78 Å². The molecule has 1 rings (SSSR count). The molecular weight excluding hydrogens is 144 g/mol. The molecule has 5 heteroatoms. The molecule has 0 aliphatic rings. The van der Waals surface area contributed by atoms with Gasteiger partial charge in [-0.25, -0.2) is 4.68 Å². The molecule has 0 saturated heterocycles. The maximum Gasteiger partial charge on any atom is 0.183 e. The quantitative estimate of drug-likeness (QED) is 0.587. The van der Waals surface area contributed by atoms with E-state index in [0.717, 1.165) is 0 Å². The molecule has 0 atom stereocenters. The SMILES string of the molecule is Cn1nncc1C(=O)CCN. The zero-order chi connectivity index (χ0) is 8.27. The number of aromatic nitrogens is 3. The van der Waals surface area contributed by atoms with Crippen molar-refractivity contribution in [3.05, 3.63) is 11.9 Å². The Bertz CT molecular complexity index is 255. The van der Waals surface area contributed by atoms with Crippen LogP contribution in [0, 0.1) is 0 Å². The van der Waals surface area contributed by atoms with Crippen molar-refractivity contribution >= 4 is 5.78 Å². The average Bonchev–Trinajstić information content (AvgIpc) is 2.36. The summed E-state index contributed by atoms with van der Waals surface area (Å²) < 4.78 is 1.44. The van der Waals surface area contributed by atoms with Crippen molar-refractivity contribution in [2.24, 2.45) is 12.8 Å². The summed E-state index contributed by atoms with van der Waals surface area (Å²) >= 11 is 0.